The molecule has 0 atom stereocenters. The average molecular weight is 216 g/mol. The number of hydrogen-bond donors (Lipinski definition) is 2. The third kappa shape index (κ3) is 3.53. The van der Waals surface area contributed by atoms with Crippen molar-refractivity contribution >= 4 is 12.6 Å². The van der Waals surface area contributed by atoms with Crippen molar-refractivity contribution in [1.29, 1.82) is 0 Å². The van der Waals surface area contributed by atoms with Crippen LogP contribution in [0.25, 0.3) is 0 Å². The summed E-state index contributed by atoms with van der Waals surface area (Å²) in [6.45, 7) is 2.49. The Bertz CT molecular complexity index is 326. The number of halogens is 1. The lowest BCUT2D eigenvalue weighted by molar-refractivity contribution is 0.294. The molecular weight excluding hydrogens is 198 g/mol. The van der Waals surface area contributed by atoms with Crippen LogP contribution in [0.1, 0.15) is 22.6 Å². The molecule has 0 heterocycles. The molecule has 15 heavy (non-hydrogen) atoms. The van der Waals surface area contributed by atoms with Crippen LogP contribution in [0, 0.1) is 5.82 Å². The number of rotatable bonds is 5. The van der Waals surface area contributed by atoms with Crippen molar-refractivity contribution in [2.24, 2.45) is 0 Å². The Morgan fingerprint density at radius 3 is 2.73 bits per heavy atom. The van der Waals surface area contributed by atoms with E-state index in [4.69, 9.17) is 14.8 Å². The van der Waals surface area contributed by atoms with E-state index in [2.05, 4.69) is 0 Å². The number of hydrogen-bond acceptors (Lipinski definition) is 3. The van der Waals surface area contributed by atoms with Crippen LogP contribution in [0.5, 0.6) is 5.75 Å². The van der Waals surface area contributed by atoms with Crippen LogP contribution in [-0.4, -0.2) is 23.8 Å². The van der Waals surface area contributed by atoms with E-state index in [1.807, 2.05) is 6.92 Å². The lowest BCUT2D eigenvalue weighted by Gasteiger charge is -2.07. The van der Waals surface area contributed by atoms with Crippen molar-refractivity contribution in [3.63, 3.8) is 0 Å². The first-order valence-corrected chi connectivity index (χ1v) is 4.93. The molecule has 5 heteroatoms. The lowest BCUT2D eigenvalue weighted by Crippen LogP contribution is -2.30. The molecule has 0 fully saturated rings. The van der Waals surface area contributed by atoms with Gasteiger partial charge in [0.2, 0.25) is 0 Å². The molecule has 1 aromatic carbocycles. The molecule has 0 aliphatic heterocycles. The minimum atomic E-state index is -1.65. The molecule has 3 nitrogen and oxygen atoms in total. The normalized spacial score (nSPS) is 10.1. The van der Waals surface area contributed by atoms with Gasteiger partial charge in [-0.1, -0.05) is 19.4 Å². The third-order valence-electron chi connectivity index (χ3n) is 2.01. The van der Waals surface area contributed by atoms with Gasteiger partial charge in [0.1, 0.15) is 0 Å². The smallest absolute Gasteiger partial charge is 0.488 e. The van der Waals surface area contributed by atoms with Gasteiger partial charge in [0, 0.05) is 2.85 Å². The van der Waals surface area contributed by atoms with Gasteiger partial charge in [-0.25, -0.2) is 4.39 Å². The van der Waals surface area contributed by atoms with E-state index < -0.39 is 12.9 Å². The van der Waals surface area contributed by atoms with Crippen LogP contribution in [0.2, 0.25) is 0 Å². The molecule has 0 aliphatic rings. The molecule has 0 aliphatic carbocycles. The molecule has 0 spiro atoms. The zero-order valence-electron chi connectivity index (χ0n) is 8.61. The SMILES string of the molecule is CCCCOc1ccc(B(O)O)cc1F.[HH].[HH]. The Labute approximate surface area is 91.6 Å². The van der Waals surface area contributed by atoms with Crippen molar-refractivity contribution in [1.82, 2.24) is 0 Å². The van der Waals surface area contributed by atoms with Gasteiger partial charge >= 0.3 is 7.12 Å². The van der Waals surface area contributed by atoms with Crippen molar-refractivity contribution in [2.75, 3.05) is 6.61 Å². The van der Waals surface area contributed by atoms with Crippen molar-refractivity contribution in [2.45, 2.75) is 19.8 Å². The predicted octanol–water partition coefficient (Wildman–Crippen LogP) is 1.18. The Kier molecular flexibility index (Phi) is 4.58. The summed E-state index contributed by atoms with van der Waals surface area (Å²) in [7, 11) is -1.65. The van der Waals surface area contributed by atoms with Crippen LogP contribution in [0.3, 0.4) is 0 Å². The first kappa shape index (κ1) is 12.0. The maximum atomic E-state index is 13.3. The molecule has 0 saturated carbocycles. The van der Waals surface area contributed by atoms with Gasteiger partial charge in [-0.05, 0) is 24.0 Å². The van der Waals surface area contributed by atoms with E-state index in [1.165, 1.54) is 12.1 Å². The van der Waals surface area contributed by atoms with Gasteiger partial charge in [0.25, 0.3) is 0 Å². The number of benzene rings is 1. The molecule has 0 bridgehead atoms. The largest absolute Gasteiger partial charge is 0.491 e. The van der Waals surface area contributed by atoms with Crippen LogP contribution < -0.4 is 10.2 Å². The molecule has 0 amide bonds. The Balaban J connectivity index is 0. The quantitative estimate of drug-likeness (QED) is 0.573. The predicted molar refractivity (Wildman–Crippen MR) is 60.9 cm³/mol. The third-order valence-corrected chi connectivity index (χ3v) is 2.01. The second-order valence-corrected chi connectivity index (χ2v) is 3.27. The average Bonchev–Trinajstić information content (AvgIpc) is 2.20. The fourth-order valence-corrected chi connectivity index (χ4v) is 1.12. The van der Waals surface area contributed by atoms with E-state index in [0.29, 0.717) is 6.61 Å². The summed E-state index contributed by atoms with van der Waals surface area (Å²) in [5.74, 6) is -0.426. The molecule has 0 saturated heterocycles. The van der Waals surface area contributed by atoms with Crippen LogP contribution >= 0.6 is 0 Å². The molecular formula is C10H18BFO3. The highest BCUT2D eigenvalue weighted by molar-refractivity contribution is 6.58. The summed E-state index contributed by atoms with van der Waals surface area (Å²) in [5.41, 5.74) is 0.121. The summed E-state index contributed by atoms with van der Waals surface area (Å²) in [6.07, 6.45) is 1.85. The highest BCUT2D eigenvalue weighted by Gasteiger charge is 2.13. The second-order valence-electron chi connectivity index (χ2n) is 3.27. The van der Waals surface area contributed by atoms with E-state index in [-0.39, 0.29) is 14.1 Å². The summed E-state index contributed by atoms with van der Waals surface area (Å²) in [5, 5.41) is 17.6. The maximum absolute atomic E-state index is 13.3. The molecule has 0 aromatic heterocycles. The van der Waals surface area contributed by atoms with Crippen LogP contribution in [-0.2, 0) is 0 Å². The Hall–Kier alpha value is -1.07. The molecule has 2 N–H and O–H groups in total. The van der Waals surface area contributed by atoms with Crippen molar-refractivity contribution < 1.29 is 22.0 Å². The van der Waals surface area contributed by atoms with E-state index in [1.54, 1.807) is 0 Å². The maximum Gasteiger partial charge on any atom is 0.488 e. The molecule has 0 unspecified atom stereocenters. The minimum Gasteiger partial charge on any atom is -0.491 e. The topological polar surface area (TPSA) is 49.7 Å². The zero-order valence-corrected chi connectivity index (χ0v) is 8.61. The van der Waals surface area contributed by atoms with Crippen molar-refractivity contribution in [3.8, 4) is 5.75 Å². The van der Waals surface area contributed by atoms with Gasteiger partial charge in [-0.2, -0.15) is 0 Å². The first-order valence-electron chi connectivity index (χ1n) is 4.93. The van der Waals surface area contributed by atoms with Gasteiger partial charge in [-0.15, -0.1) is 0 Å². The highest BCUT2D eigenvalue weighted by atomic mass is 19.1. The number of unbranched alkanes of at least 4 members (excludes halogenated alkanes) is 1. The summed E-state index contributed by atoms with van der Waals surface area (Å²) >= 11 is 0. The lowest BCUT2D eigenvalue weighted by atomic mass is 9.80. The molecule has 1 aromatic rings. The van der Waals surface area contributed by atoms with Gasteiger partial charge < -0.3 is 14.8 Å². The minimum absolute atomic E-state index is 0. The fourth-order valence-electron chi connectivity index (χ4n) is 1.12. The monoisotopic (exact) mass is 216 g/mol. The summed E-state index contributed by atoms with van der Waals surface area (Å²) < 4.78 is 18.5. The standard InChI is InChI=1S/C10H14BFO3.2H2/c1-2-3-6-15-10-5-4-8(11(13)14)7-9(10)12;;/h4-5,7,13-14H,2-3,6H2,1H3;2*1H. The van der Waals surface area contributed by atoms with Crippen molar-refractivity contribution in [3.05, 3.63) is 24.0 Å². The molecule has 0 radical (unpaired) electrons. The second kappa shape index (κ2) is 5.73. The van der Waals surface area contributed by atoms with E-state index in [0.717, 1.165) is 18.9 Å². The van der Waals surface area contributed by atoms with Gasteiger partial charge in [0.15, 0.2) is 11.6 Å². The Morgan fingerprint density at radius 2 is 2.20 bits per heavy atom. The van der Waals surface area contributed by atoms with E-state index >= 15 is 0 Å². The van der Waals surface area contributed by atoms with Crippen LogP contribution in [0.4, 0.5) is 4.39 Å². The Morgan fingerprint density at radius 1 is 1.47 bits per heavy atom. The van der Waals surface area contributed by atoms with Crippen LogP contribution in [0.15, 0.2) is 18.2 Å². The summed E-state index contributed by atoms with van der Waals surface area (Å²) in [6, 6.07) is 3.89. The van der Waals surface area contributed by atoms with Gasteiger partial charge in [0.05, 0.1) is 6.61 Å². The molecule has 1 rings (SSSR count). The van der Waals surface area contributed by atoms with E-state index in [9.17, 15) is 4.39 Å². The first-order chi connectivity index (χ1) is 7.15. The zero-order chi connectivity index (χ0) is 11.3. The highest BCUT2D eigenvalue weighted by Crippen LogP contribution is 2.15. The fraction of sp³-hybridized carbons (Fsp3) is 0.400. The molecule has 86 valence electrons. The summed E-state index contributed by atoms with van der Waals surface area (Å²) in [4.78, 5) is 0. The van der Waals surface area contributed by atoms with Gasteiger partial charge in [-0.3, -0.25) is 0 Å². The number of ether oxygens (including phenoxy) is 1.